The number of aryl methyl sites for hydroxylation is 2. The van der Waals surface area contributed by atoms with E-state index in [4.69, 9.17) is 23.2 Å². The van der Waals surface area contributed by atoms with Crippen LogP contribution in [0.15, 0.2) is 41.3 Å². The van der Waals surface area contributed by atoms with Gasteiger partial charge in [-0.3, -0.25) is 4.79 Å². The van der Waals surface area contributed by atoms with Crippen LogP contribution < -0.4 is 5.32 Å². The largest absolute Gasteiger partial charge is 0.328 e. The Morgan fingerprint density at radius 2 is 1.93 bits per heavy atom. The van der Waals surface area contributed by atoms with Crippen molar-refractivity contribution < 1.29 is 13.2 Å². The predicted molar refractivity (Wildman–Crippen MR) is 120 cm³/mol. The summed E-state index contributed by atoms with van der Waals surface area (Å²) < 4.78 is 27.9. The van der Waals surface area contributed by atoms with E-state index in [1.54, 1.807) is 36.4 Å². The number of fused-ring (bicyclic) bond motifs is 1. The van der Waals surface area contributed by atoms with Gasteiger partial charge in [-0.1, -0.05) is 29.3 Å². The Kier molecular flexibility index (Phi) is 6.71. The van der Waals surface area contributed by atoms with Gasteiger partial charge in [-0.05, 0) is 37.3 Å². The van der Waals surface area contributed by atoms with E-state index >= 15 is 0 Å². The number of aromatic nitrogens is 2. The maximum atomic E-state index is 12.4. The highest BCUT2D eigenvalue weighted by Crippen LogP contribution is 2.29. The molecule has 1 N–H and O–H groups in total. The van der Waals surface area contributed by atoms with Crippen molar-refractivity contribution in [3.05, 3.63) is 52.3 Å². The van der Waals surface area contributed by atoms with Crippen molar-refractivity contribution in [3.8, 4) is 0 Å². The van der Waals surface area contributed by atoms with E-state index < -0.39 is 10.0 Å². The van der Waals surface area contributed by atoms with Gasteiger partial charge in [0.05, 0.1) is 31.7 Å². The third-order valence-corrected chi connectivity index (χ3v) is 7.32. The molecule has 1 aromatic heterocycles. The first-order chi connectivity index (χ1) is 14.1. The summed E-state index contributed by atoms with van der Waals surface area (Å²) in [7, 11) is -0.577. The number of imidazole rings is 1. The molecule has 1 heterocycles. The van der Waals surface area contributed by atoms with Crippen LogP contribution in [0.25, 0.3) is 11.0 Å². The van der Waals surface area contributed by atoms with Crippen LogP contribution in [-0.2, 0) is 27.8 Å². The summed E-state index contributed by atoms with van der Waals surface area (Å²) in [4.78, 5) is 17.2. The van der Waals surface area contributed by atoms with Gasteiger partial charge in [0, 0.05) is 33.5 Å². The monoisotopic (exact) mass is 468 g/mol. The Morgan fingerprint density at radius 1 is 1.20 bits per heavy atom. The standard InChI is InChI=1S/C20H22Cl2N4O3S/c1-4-26-17-9-8-13(30(28,29)25(2)3)12-16(17)23-18(26)10-11-19(27)24-15-7-5-6-14(21)20(15)22/h5-9,12H,4,10-11H2,1-3H3,(H,24,27). The van der Waals surface area contributed by atoms with E-state index in [0.717, 1.165) is 9.82 Å². The Hall–Kier alpha value is -2.13. The third kappa shape index (κ3) is 4.46. The van der Waals surface area contributed by atoms with Crippen molar-refractivity contribution in [1.82, 2.24) is 13.9 Å². The van der Waals surface area contributed by atoms with E-state index in [1.165, 1.54) is 14.1 Å². The lowest BCUT2D eigenvalue weighted by molar-refractivity contribution is -0.116. The van der Waals surface area contributed by atoms with E-state index in [2.05, 4.69) is 10.3 Å². The molecule has 0 aliphatic heterocycles. The van der Waals surface area contributed by atoms with E-state index in [9.17, 15) is 13.2 Å². The lowest BCUT2D eigenvalue weighted by Gasteiger charge is -2.11. The molecule has 0 atom stereocenters. The van der Waals surface area contributed by atoms with Gasteiger partial charge >= 0.3 is 0 Å². The van der Waals surface area contributed by atoms with Crippen LogP contribution in [0, 0.1) is 0 Å². The van der Waals surface area contributed by atoms with Gasteiger partial charge in [0.25, 0.3) is 0 Å². The fourth-order valence-corrected chi connectivity index (χ4v) is 4.38. The number of rotatable bonds is 7. The second-order valence-electron chi connectivity index (χ2n) is 6.86. The fourth-order valence-electron chi connectivity index (χ4n) is 3.11. The summed E-state index contributed by atoms with van der Waals surface area (Å²) in [5, 5.41) is 3.42. The first kappa shape index (κ1) is 22.6. The summed E-state index contributed by atoms with van der Waals surface area (Å²) in [5.74, 6) is 0.490. The van der Waals surface area contributed by atoms with Crippen LogP contribution in [0.1, 0.15) is 19.2 Å². The summed E-state index contributed by atoms with van der Waals surface area (Å²) in [6.07, 6.45) is 0.581. The maximum absolute atomic E-state index is 12.4. The smallest absolute Gasteiger partial charge is 0.242 e. The van der Waals surface area contributed by atoms with Crippen molar-refractivity contribution in [2.45, 2.75) is 31.2 Å². The number of carbonyl (C=O) groups is 1. The number of nitrogens with zero attached hydrogens (tertiary/aromatic N) is 3. The van der Waals surface area contributed by atoms with Crippen molar-refractivity contribution >= 4 is 55.9 Å². The number of benzene rings is 2. The summed E-state index contributed by atoms with van der Waals surface area (Å²) in [5.41, 5.74) is 1.85. The molecule has 7 nitrogen and oxygen atoms in total. The molecule has 10 heteroatoms. The summed E-state index contributed by atoms with van der Waals surface area (Å²) in [6, 6.07) is 9.92. The topological polar surface area (TPSA) is 84.3 Å². The van der Waals surface area contributed by atoms with Gasteiger partial charge in [0.2, 0.25) is 15.9 Å². The molecule has 0 spiro atoms. The molecule has 160 valence electrons. The van der Waals surface area contributed by atoms with Crippen LogP contribution in [-0.4, -0.2) is 42.3 Å². The molecule has 0 fully saturated rings. The summed E-state index contributed by atoms with van der Waals surface area (Å²) in [6.45, 7) is 2.62. The molecule has 0 aliphatic carbocycles. The highest BCUT2D eigenvalue weighted by Gasteiger charge is 2.20. The van der Waals surface area contributed by atoms with E-state index in [0.29, 0.717) is 40.0 Å². The first-order valence-electron chi connectivity index (χ1n) is 9.30. The normalized spacial score (nSPS) is 11.9. The predicted octanol–water partition coefficient (Wildman–Crippen LogP) is 4.18. The number of carbonyl (C=O) groups excluding carboxylic acids is 1. The minimum absolute atomic E-state index is 0.181. The van der Waals surface area contributed by atoms with Crippen LogP contribution in [0.2, 0.25) is 10.0 Å². The molecule has 0 aliphatic rings. The highest BCUT2D eigenvalue weighted by atomic mass is 35.5. The zero-order valence-electron chi connectivity index (χ0n) is 16.8. The number of hydrogen-bond acceptors (Lipinski definition) is 4. The molecule has 1 amide bonds. The lowest BCUT2D eigenvalue weighted by Crippen LogP contribution is -2.22. The molecule has 3 aromatic rings. The molecular weight excluding hydrogens is 447 g/mol. The zero-order chi connectivity index (χ0) is 22.1. The Balaban J connectivity index is 1.82. The van der Waals surface area contributed by atoms with Crippen LogP contribution in [0.4, 0.5) is 5.69 Å². The fraction of sp³-hybridized carbons (Fsp3) is 0.300. The molecule has 0 saturated carbocycles. The summed E-state index contributed by atoms with van der Waals surface area (Å²) >= 11 is 12.1. The van der Waals surface area contributed by atoms with Gasteiger partial charge < -0.3 is 9.88 Å². The van der Waals surface area contributed by atoms with Gasteiger partial charge in [-0.25, -0.2) is 17.7 Å². The minimum atomic E-state index is -3.55. The first-order valence-corrected chi connectivity index (χ1v) is 11.5. The Bertz CT molecular complexity index is 1210. The molecular formula is C20H22Cl2N4O3S. The van der Waals surface area contributed by atoms with Crippen LogP contribution >= 0.6 is 23.2 Å². The average molecular weight is 469 g/mol. The van der Waals surface area contributed by atoms with Crippen molar-refractivity contribution in [3.63, 3.8) is 0 Å². The van der Waals surface area contributed by atoms with Crippen molar-refractivity contribution in [2.75, 3.05) is 19.4 Å². The number of halogens is 2. The Labute approximate surface area is 185 Å². The quantitative estimate of drug-likeness (QED) is 0.563. The molecule has 0 bridgehead atoms. The molecule has 0 saturated heterocycles. The van der Waals surface area contributed by atoms with Gasteiger partial charge in [0.15, 0.2) is 0 Å². The van der Waals surface area contributed by atoms with Gasteiger partial charge in [-0.15, -0.1) is 0 Å². The van der Waals surface area contributed by atoms with E-state index in [-0.39, 0.29) is 17.2 Å². The molecule has 30 heavy (non-hydrogen) atoms. The van der Waals surface area contributed by atoms with E-state index in [1.807, 2.05) is 11.5 Å². The van der Waals surface area contributed by atoms with Crippen LogP contribution in [0.3, 0.4) is 0 Å². The van der Waals surface area contributed by atoms with Crippen molar-refractivity contribution in [2.24, 2.45) is 0 Å². The average Bonchev–Trinajstić information content (AvgIpc) is 3.06. The van der Waals surface area contributed by atoms with Gasteiger partial charge in [-0.2, -0.15) is 0 Å². The third-order valence-electron chi connectivity index (χ3n) is 4.69. The SMILES string of the molecule is CCn1c(CCC(=O)Nc2cccc(Cl)c2Cl)nc2cc(S(=O)(=O)N(C)C)ccc21. The number of hydrogen-bond donors (Lipinski definition) is 1. The second kappa shape index (κ2) is 8.93. The van der Waals surface area contributed by atoms with Gasteiger partial charge in [0.1, 0.15) is 5.82 Å². The molecule has 0 radical (unpaired) electrons. The molecule has 0 unspecified atom stereocenters. The second-order valence-corrected chi connectivity index (χ2v) is 9.80. The number of nitrogens with one attached hydrogen (secondary N) is 1. The highest BCUT2D eigenvalue weighted by molar-refractivity contribution is 7.89. The minimum Gasteiger partial charge on any atom is -0.328 e. The molecule has 2 aromatic carbocycles. The Morgan fingerprint density at radius 3 is 2.60 bits per heavy atom. The number of anilines is 1. The van der Waals surface area contributed by atoms with Crippen molar-refractivity contribution in [1.29, 1.82) is 0 Å². The van der Waals surface area contributed by atoms with Crippen LogP contribution in [0.5, 0.6) is 0 Å². The number of sulfonamides is 1. The molecule has 3 rings (SSSR count). The zero-order valence-corrected chi connectivity index (χ0v) is 19.1. The maximum Gasteiger partial charge on any atom is 0.242 e. The lowest BCUT2D eigenvalue weighted by atomic mass is 10.2. The number of amides is 1.